The van der Waals surface area contributed by atoms with Crippen LogP contribution in [0.2, 0.25) is 0 Å². The van der Waals surface area contributed by atoms with Gasteiger partial charge in [0.1, 0.15) is 6.17 Å². The van der Waals surface area contributed by atoms with Crippen molar-refractivity contribution in [1.29, 1.82) is 5.26 Å². The fourth-order valence-electron chi connectivity index (χ4n) is 1.43. The smallest absolute Gasteiger partial charge is 0.409 e. The van der Waals surface area contributed by atoms with Gasteiger partial charge in [-0.2, -0.15) is 5.26 Å². The zero-order chi connectivity index (χ0) is 10.6. The molecular weight excluding hydrogens is 187 g/mol. The average Bonchev–Trinajstić information content (AvgIpc) is 2.18. The van der Waals surface area contributed by atoms with E-state index in [1.54, 1.807) is 6.92 Å². The second kappa shape index (κ2) is 4.80. The van der Waals surface area contributed by atoms with Gasteiger partial charge in [-0.25, -0.2) is 9.18 Å². The quantitative estimate of drug-likeness (QED) is 0.641. The van der Waals surface area contributed by atoms with E-state index in [0.29, 0.717) is 13.0 Å². The van der Waals surface area contributed by atoms with Gasteiger partial charge in [-0.3, -0.25) is 0 Å². The van der Waals surface area contributed by atoms with E-state index in [9.17, 15) is 9.18 Å². The van der Waals surface area contributed by atoms with E-state index in [2.05, 4.69) is 0 Å². The lowest BCUT2D eigenvalue weighted by molar-refractivity contribution is 0.0688. The van der Waals surface area contributed by atoms with Crippen molar-refractivity contribution in [2.45, 2.75) is 19.5 Å². The molecule has 0 radical (unpaired) electrons. The number of hydrogen-bond donors (Lipinski definition) is 0. The van der Waals surface area contributed by atoms with Crippen LogP contribution in [0, 0.1) is 17.2 Å². The van der Waals surface area contributed by atoms with Gasteiger partial charge in [-0.05, 0) is 13.3 Å². The molecule has 14 heavy (non-hydrogen) atoms. The zero-order valence-electron chi connectivity index (χ0n) is 8.07. The number of nitriles is 1. The van der Waals surface area contributed by atoms with Gasteiger partial charge in [-0.15, -0.1) is 0 Å². The maximum absolute atomic E-state index is 13.2. The summed E-state index contributed by atoms with van der Waals surface area (Å²) in [7, 11) is 0. The number of hydrogen-bond acceptors (Lipinski definition) is 3. The van der Waals surface area contributed by atoms with E-state index in [-0.39, 0.29) is 13.2 Å². The van der Waals surface area contributed by atoms with Crippen LogP contribution in [-0.2, 0) is 4.74 Å². The Morgan fingerprint density at radius 2 is 2.50 bits per heavy atom. The minimum absolute atomic E-state index is 0.0307. The summed E-state index contributed by atoms with van der Waals surface area (Å²) in [4.78, 5) is 12.5. The molecule has 0 aromatic rings. The molecule has 5 heteroatoms. The molecule has 1 fully saturated rings. The van der Waals surface area contributed by atoms with E-state index in [0.717, 1.165) is 0 Å². The molecule has 0 aromatic carbocycles. The molecule has 2 atom stereocenters. The summed E-state index contributed by atoms with van der Waals surface area (Å²) in [6, 6.07) is 1.89. The SMILES string of the molecule is CCOC(=O)N1CC[C@@H](C#N)[C@@H](F)C1. The first-order valence-corrected chi connectivity index (χ1v) is 4.64. The topological polar surface area (TPSA) is 53.3 Å². The average molecular weight is 200 g/mol. The van der Waals surface area contributed by atoms with Crippen molar-refractivity contribution >= 4 is 6.09 Å². The van der Waals surface area contributed by atoms with Crippen LogP contribution in [0.1, 0.15) is 13.3 Å². The highest BCUT2D eigenvalue weighted by molar-refractivity contribution is 5.67. The molecule has 1 aliphatic rings. The van der Waals surface area contributed by atoms with Crippen LogP contribution in [0.4, 0.5) is 9.18 Å². The Balaban J connectivity index is 2.47. The van der Waals surface area contributed by atoms with E-state index in [1.807, 2.05) is 6.07 Å². The minimum atomic E-state index is -1.25. The van der Waals surface area contributed by atoms with Gasteiger partial charge in [0.15, 0.2) is 0 Å². The Morgan fingerprint density at radius 1 is 1.79 bits per heavy atom. The predicted octanol–water partition coefficient (Wildman–Crippen LogP) is 1.33. The largest absolute Gasteiger partial charge is 0.450 e. The molecule has 4 nitrogen and oxygen atoms in total. The first-order valence-electron chi connectivity index (χ1n) is 4.64. The summed E-state index contributed by atoms with van der Waals surface area (Å²) in [6.07, 6.45) is -1.36. The van der Waals surface area contributed by atoms with Crippen molar-refractivity contribution in [3.05, 3.63) is 0 Å². The number of nitrogens with zero attached hydrogens (tertiary/aromatic N) is 2. The molecule has 78 valence electrons. The number of alkyl halides is 1. The summed E-state index contributed by atoms with van der Waals surface area (Å²) in [5.74, 6) is -0.583. The number of amides is 1. The molecule has 1 rings (SSSR count). The Bertz CT molecular complexity index is 252. The fourth-order valence-corrected chi connectivity index (χ4v) is 1.43. The highest BCUT2D eigenvalue weighted by Gasteiger charge is 2.31. The predicted molar refractivity (Wildman–Crippen MR) is 47.2 cm³/mol. The van der Waals surface area contributed by atoms with Crippen LogP contribution in [0.3, 0.4) is 0 Å². The summed E-state index contributed by atoms with van der Waals surface area (Å²) in [5.41, 5.74) is 0. The van der Waals surface area contributed by atoms with Crippen molar-refractivity contribution in [1.82, 2.24) is 4.90 Å². The second-order valence-corrected chi connectivity index (χ2v) is 3.19. The molecule has 0 aliphatic carbocycles. The van der Waals surface area contributed by atoms with Crippen LogP contribution in [0.15, 0.2) is 0 Å². The molecule has 0 unspecified atom stereocenters. The lowest BCUT2D eigenvalue weighted by Gasteiger charge is -2.30. The number of likely N-dealkylation sites (tertiary alicyclic amines) is 1. The first-order chi connectivity index (χ1) is 6.69. The van der Waals surface area contributed by atoms with Crippen molar-refractivity contribution in [2.75, 3.05) is 19.7 Å². The Morgan fingerprint density at radius 3 is 3.00 bits per heavy atom. The molecule has 1 heterocycles. The van der Waals surface area contributed by atoms with E-state index >= 15 is 0 Å². The summed E-state index contributed by atoms with van der Waals surface area (Å²) >= 11 is 0. The lowest BCUT2D eigenvalue weighted by Crippen LogP contribution is -2.44. The third kappa shape index (κ3) is 2.34. The maximum Gasteiger partial charge on any atom is 0.409 e. The van der Waals surface area contributed by atoms with Crippen LogP contribution in [-0.4, -0.2) is 36.9 Å². The molecule has 0 aromatic heterocycles. The molecule has 1 aliphatic heterocycles. The standard InChI is InChI=1S/C9H13FN2O2/c1-2-14-9(13)12-4-3-7(5-11)8(10)6-12/h7-8H,2-4,6H2,1H3/t7-,8-/m0/s1. The molecule has 0 N–H and O–H groups in total. The number of ether oxygens (including phenoxy) is 1. The Hall–Kier alpha value is -1.31. The van der Waals surface area contributed by atoms with Gasteiger partial charge in [0, 0.05) is 6.54 Å². The number of piperidine rings is 1. The van der Waals surface area contributed by atoms with Gasteiger partial charge in [0.05, 0.1) is 25.1 Å². The van der Waals surface area contributed by atoms with Crippen LogP contribution >= 0.6 is 0 Å². The summed E-state index contributed by atoms with van der Waals surface area (Å²) < 4.78 is 18.0. The van der Waals surface area contributed by atoms with Gasteiger partial charge >= 0.3 is 6.09 Å². The van der Waals surface area contributed by atoms with Crippen molar-refractivity contribution < 1.29 is 13.9 Å². The zero-order valence-corrected chi connectivity index (χ0v) is 8.07. The van der Waals surface area contributed by atoms with Gasteiger partial charge < -0.3 is 9.64 Å². The molecule has 1 saturated heterocycles. The Labute approximate surface area is 82.2 Å². The maximum atomic E-state index is 13.2. The highest BCUT2D eigenvalue weighted by Crippen LogP contribution is 2.20. The van der Waals surface area contributed by atoms with Gasteiger partial charge in [0.25, 0.3) is 0 Å². The van der Waals surface area contributed by atoms with Gasteiger partial charge in [-0.1, -0.05) is 0 Å². The first kappa shape index (κ1) is 10.8. The normalized spacial score (nSPS) is 26.8. The third-order valence-corrected chi connectivity index (χ3v) is 2.23. The van der Waals surface area contributed by atoms with E-state index in [1.165, 1.54) is 4.90 Å². The highest BCUT2D eigenvalue weighted by atomic mass is 19.1. The molecule has 1 amide bonds. The van der Waals surface area contributed by atoms with E-state index < -0.39 is 18.2 Å². The monoisotopic (exact) mass is 200 g/mol. The summed E-state index contributed by atoms with van der Waals surface area (Å²) in [6.45, 7) is 2.36. The van der Waals surface area contributed by atoms with Crippen molar-refractivity contribution in [3.63, 3.8) is 0 Å². The van der Waals surface area contributed by atoms with Crippen molar-refractivity contribution in [2.24, 2.45) is 5.92 Å². The van der Waals surface area contributed by atoms with Crippen LogP contribution in [0.25, 0.3) is 0 Å². The molecule has 0 spiro atoms. The molecule has 0 bridgehead atoms. The fraction of sp³-hybridized carbons (Fsp3) is 0.778. The van der Waals surface area contributed by atoms with Crippen LogP contribution < -0.4 is 0 Å². The number of carbonyl (C=O) groups is 1. The second-order valence-electron chi connectivity index (χ2n) is 3.19. The number of rotatable bonds is 1. The van der Waals surface area contributed by atoms with Gasteiger partial charge in [0.2, 0.25) is 0 Å². The summed E-state index contributed by atoms with van der Waals surface area (Å²) in [5, 5.41) is 8.56. The van der Waals surface area contributed by atoms with E-state index in [4.69, 9.17) is 10.00 Å². The Kier molecular flexibility index (Phi) is 3.69. The van der Waals surface area contributed by atoms with Crippen LogP contribution in [0.5, 0.6) is 0 Å². The molecular formula is C9H13FN2O2. The third-order valence-electron chi connectivity index (χ3n) is 2.23. The minimum Gasteiger partial charge on any atom is -0.450 e. The number of carbonyl (C=O) groups excluding carboxylic acids is 1. The molecule has 0 saturated carbocycles. The lowest BCUT2D eigenvalue weighted by atomic mass is 9.97. The number of halogens is 1. The van der Waals surface area contributed by atoms with Crippen molar-refractivity contribution in [3.8, 4) is 6.07 Å².